The molecule has 1 aliphatic heterocycles. The second kappa shape index (κ2) is 8.71. The van der Waals surface area contributed by atoms with Crippen molar-refractivity contribution in [2.24, 2.45) is 4.99 Å². The first kappa shape index (κ1) is 19.6. The molecule has 0 aliphatic carbocycles. The Labute approximate surface area is 161 Å². The highest BCUT2D eigenvalue weighted by Crippen LogP contribution is 2.15. The molecule has 2 N–H and O–H groups in total. The van der Waals surface area contributed by atoms with Gasteiger partial charge in [0.15, 0.2) is 5.96 Å². The van der Waals surface area contributed by atoms with Crippen LogP contribution in [-0.4, -0.2) is 72.2 Å². The fraction of sp³-hybridized carbons (Fsp3) is 0.600. The molecule has 7 heteroatoms. The van der Waals surface area contributed by atoms with Crippen molar-refractivity contribution in [3.8, 4) is 0 Å². The lowest BCUT2D eigenvalue weighted by Gasteiger charge is -2.41. The van der Waals surface area contributed by atoms with E-state index in [0.29, 0.717) is 0 Å². The predicted octanol–water partition coefficient (Wildman–Crippen LogP) is 1.46. The Morgan fingerprint density at radius 3 is 2.78 bits per heavy atom. The molecule has 0 bridgehead atoms. The molecule has 27 heavy (non-hydrogen) atoms. The molecular weight excluding hydrogens is 340 g/mol. The Morgan fingerprint density at radius 2 is 2.07 bits per heavy atom. The van der Waals surface area contributed by atoms with Crippen molar-refractivity contribution in [3.63, 3.8) is 0 Å². The number of morpholine rings is 1. The molecule has 0 atom stereocenters. The molecule has 1 fully saturated rings. The van der Waals surface area contributed by atoms with E-state index in [0.717, 1.165) is 63.1 Å². The fourth-order valence-corrected chi connectivity index (χ4v) is 3.43. The molecule has 2 aromatic rings. The van der Waals surface area contributed by atoms with Crippen molar-refractivity contribution in [1.29, 1.82) is 0 Å². The summed E-state index contributed by atoms with van der Waals surface area (Å²) in [5, 5.41) is 6.86. The van der Waals surface area contributed by atoms with E-state index in [-0.39, 0.29) is 5.54 Å². The second-order valence-electron chi connectivity index (χ2n) is 7.67. The van der Waals surface area contributed by atoms with E-state index in [1.165, 1.54) is 5.56 Å². The summed E-state index contributed by atoms with van der Waals surface area (Å²) in [5.41, 5.74) is 3.36. The van der Waals surface area contributed by atoms with Gasteiger partial charge in [-0.15, -0.1) is 0 Å². The van der Waals surface area contributed by atoms with Crippen LogP contribution in [0.3, 0.4) is 0 Å². The maximum Gasteiger partial charge on any atom is 0.191 e. The normalized spacial score (nSPS) is 16.7. The lowest BCUT2D eigenvalue weighted by atomic mass is 10.0. The van der Waals surface area contributed by atoms with Crippen LogP contribution in [0.4, 0.5) is 0 Å². The number of hydrogen-bond acceptors (Lipinski definition) is 4. The van der Waals surface area contributed by atoms with Gasteiger partial charge in [-0.2, -0.15) is 0 Å². The molecule has 3 rings (SSSR count). The number of imidazole rings is 1. The lowest BCUT2D eigenvalue weighted by molar-refractivity contribution is -0.00833. The number of guanidine groups is 1. The van der Waals surface area contributed by atoms with Gasteiger partial charge in [0.2, 0.25) is 0 Å². The summed E-state index contributed by atoms with van der Waals surface area (Å²) in [6.07, 6.45) is 5.00. The van der Waals surface area contributed by atoms with Gasteiger partial charge >= 0.3 is 0 Å². The van der Waals surface area contributed by atoms with Crippen LogP contribution in [0.2, 0.25) is 0 Å². The van der Waals surface area contributed by atoms with E-state index in [1.54, 1.807) is 0 Å². The number of nitrogens with zero attached hydrogens (tertiary/aromatic N) is 4. The summed E-state index contributed by atoms with van der Waals surface area (Å²) in [6.45, 7) is 11.8. The first-order valence-electron chi connectivity index (χ1n) is 9.70. The molecule has 148 valence electrons. The van der Waals surface area contributed by atoms with E-state index >= 15 is 0 Å². The lowest BCUT2D eigenvalue weighted by Crippen LogP contribution is -2.56. The zero-order valence-corrected chi connectivity index (χ0v) is 17.0. The molecule has 0 unspecified atom stereocenters. The minimum absolute atomic E-state index is 0.0561. The van der Waals surface area contributed by atoms with Gasteiger partial charge in [-0.3, -0.25) is 9.89 Å². The summed E-state index contributed by atoms with van der Waals surface area (Å²) in [7, 11) is 1.81. The molecule has 0 amide bonds. The fourth-order valence-electron chi connectivity index (χ4n) is 3.43. The van der Waals surface area contributed by atoms with Gasteiger partial charge in [-0.25, -0.2) is 4.98 Å². The van der Waals surface area contributed by atoms with Gasteiger partial charge in [0.1, 0.15) is 5.65 Å². The number of hydrogen-bond donors (Lipinski definition) is 2. The molecule has 1 aliphatic rings. The Hall–Kier alpha value is -2.12. The Morgan fingerprint density at radius 1 is 1.30 bits per heavy atom. The second-order valence-corrected chi connectivity index (χ2v) is 7.67. The van der Waals surface area contributed by atoms with Crippen LogP contribution in [0.15, 0.2) is 29.5 Å². The maximum absolute atomic E-state index is 5.46. The number of aliphatic imine (C=N–C) groups is 1. The molecule has 3 heterocycles. The molecule has 0 aromatic carbocycles. The topological polar surface area (TPSA) is 66.2 Å². The zero-order valence-electron chi connectivity index (χ0n) is 17.0. The van der Waals surface area contributed by atoms with Crippen LogP contribution in [0, 0.1) is 6.92 Å². The highest BCUT2D eigenvalue weighted by atomic mass is 16.5. The average Bonchev–Trinajstić information content (AvgIpc) is 3.09. The van der Waals surface area contributed by atoms with Gasteiger partial charge in [0.25, 0.3) is 0 Å². The zero-order chi connectivity index (χ0) is 19.3. The monoisotopic (exact) mass is 372 g/mol. The summed E-state index contributed by atoms with van der Waals surface area (Å²) in [5.74, 6) is 0.830. The summed E-state index contributed by atoms with van der Waals surface area (Å²) in [4.78, 5) is 11.5. The van der Waals surface area contributed by atoms with Crippen LogP contribution in [0.25, 0.3) is 5.65 Å². The van der Waals surface area contributed by atoms with Crippen LogP contribution < -0.4 is 10.6 Å². The minimum Gasteiger partial charge on any atom is -0.379 e. The molecule has 7 nitrogen and oxygen atoms in total. The molecular formula is C20H32N6O. The maximum atomic E-state index is 5.46. The van der Waals surface area contributed by atoms with Crippen LogP contribution in [0.1, 0.15) is 25.1 Å². The first-order valence-corrected chi connectivity index (χ1v) is 9.70. The predicted molar refractivity (Wildman–Crippen MR) is 109 cm³/mol. The van der Waals surface area contributed by atoms with E-state index in [9.17, 15) is 0 Å². The number of ether oxygens (including phenoxy) is 1. The van der Waals surface area contributed by atoms with Crippen LogP contribution in [0.5, 0.6) is 0 Å². The molecule has 2 aromatic heterocycles. The van der Waals surface area contributed by atoms with Gasteiger partial charge in [-0.1, -0.05) is 6.07 Å². The number of rotatable bonds is 6. The first-order chi connectivity index (χ1) is 13.0. The molecule has 0 radical (unpaired) electrons. The standard InChI is InChI=1S/C20H32N6O/c1-16-6-5-9-25-14-17(24-18(16)25)7-8-22-19(21-4)23-15-20(2,3)26-10-12-27-13-11-26/h5-6,9,14H,7-8,10-13,15H2,1-4H3,(H2,21,22,23). The third-order valence-electron chi connectivity index (χ3n) is 5.18. The highest BCUT2D eigenvalue weighted by molar-refractivity contribution is 5.79. The highest BCUT2D eigenvalue weighted by Gasteiger charge is 2.28. The van der Waals surface area contributed by atoms with Crippen molar-refractivity contribution in [3.05, 3.63) is 35.8 Å². The Bertz CT molecular complexity index is 776. The smallest absolute Gasteiger partial charge is 0.191 e. The van der Waals surface area contributed by atoms with Crippen molar-refractivity contribution in [2.45, 2.75) is 32.7 Å². The van der Waals surface area contributed by atoms with Crippen LogP contribution in [-0.2, 0) is 11.2 Å². The summed E-state index contributed by atoms with van der Waals surface area (Å²) in [6, 6.07) is 4.14. The van der Waals surface area contributed by atoms with Gasteiger partial charge in [0, 0.05) is 57.6 Å². The summed E-state index contributed by atoms with van der Waals surface area (Å²) < 4.78 is 7.55. The number of nitrogens with one attached hydrogen (secondary N) is 2. The van der Waals surface area contributed by atoms with Crippen molar-refractivity contribution < 1.29 is 4.74 Å². The van der Waals surface area contributed by atoms with E-state index in [2.05, 4.69) is 58.0 Å². The van der Waals surface area contributed by atoms with E-state index in [4.69, 9.17) is 9.72 Å². The number of fused-ring (bicyclic) bond motifs is 1. The van der Waals surface area contributed by atoms with Crippen LogP contribution >= 0.6 is 0 Å². The summed E-state index contributed by atoms with van der Waals surface area (Å²) >= 11 is 0. The molecule has 0 spiro atoms. The van der Waals surface area contributed by atoms with E-state index in [1.807, 2.05) is 19.3 Å². The minimum atomic E-state index is 0.0561. The van der Waals surface area contributed by atoms with Gasteiger partial charge in [0.05, 0.1) is 18.9 Å². The quantitative estimate of drug-likeness (QED) is 0.594. The van der Waals surface area contributed by atoms with Crippen molar-refractivity contribution in [2.75, 3.05) is 46.4 Å². The van der Waals surface area contributed by atoms with Crippen molar-refractivity contribution >= 4 is 11.6 Å². The number of aromatic nitrogens is 2. The average molecular weight is 373 g/mol. The molecule has 1 saturated heterocycles. The Balaban J connectivity index is 1.48. The van der Waals surface area contributed by atoms with E-state index < -0.39 is 0 Å². The SMILES string of the molecule is CN=C(NCCc1cn2cccc(C)c2n1)NCC(C)(C)N1CCOCC1. The van der Waals surface area contributed by atoms with Crippen molar-refractivity contribution in [1.82, 2.24) is 24.9 Å². The van der Waals surface area contributed by atoms with Gasteiger partial charge < -0.3 is 19.8 Å². The third kappa shape index (κ3) is 4.99. The number of aryl methyl sites for hydroxylation is 1. The van der Waals surface area contributed by atoms with Gasteiger partial charge in [-0.05, 0) is 32.4 Å². The Kier molecular flexibility index (Phi) is 6.34. The third-order valence-corrected chi connectivity index (χ3v) is 5.18. The number of pyridine rings is 1. The molecule has 0 saturated carbocycles. The largest absolute Gasteiger partial charge is 0.379 e.